The van der Waals surface area contributed by atoms with Gasteiger partial charge in [0, 0.05) is 36.9 Å². The van der Waals surface area contributed by atoms with Gasteiger partial charge in [-0.25, -0.2) is 9.78 Å². The number of fused-ring (bicyclic) bond motifs is 1. The van der Waals surface area contributed by atoms with Crippen molar-refractivity contribution in [1.82, 2.24) is 14.5 Å². The summed E-state index contributed by atoms with van der Waals surface area (Å²) in [5.74, 6) is 0.950. The molecule has 2 heterocycles. The van der Waals surface area contributed by atoms with Crippen LogP contribution in [-0.4, -0.2) is 46.7 Å². The van der Waals surface area contributed by atoms with Gasteiger partial charge >= 0.3 is 6.03 Å². The molecule has 6 nitrogen and oxygen atoms in total. The number of amides is 2. The fourth-order valence-electron chi connectivity index (χ4n) is 4.27. The van der Waals surface area contributed by atoms with Gasteiger partial charge in [-0.3, -0.25) is 0 Å². The standard InChI is InChI=1S/C26H26ClN5O/c1-19-21(27)10-7-12-22(19)29-26(33)31-16-14-30(15-17-31)25-28-23-11-5-6-13-24(23)32(25)18-20-8-3-2-4-9-20/h2-13H,14-18H2,1H3,(H,29,33). The van der Waals surface area contributed by atoms with Crippen LogP contribution in [0, 0.1) is 6.92 Å². The zero-order valence-corrected chi connectivity index (χ0v) is 19.3. The molecule has 33 heavy (non-hydrogen) atoms. The Bertz CT molecular complexity index is 1280. The highest BCUT2D eigenvalue weighted by Crippen LogP contribution is 2.26. The summed E-state index contributed by atoms with van der Waals surface area (Å²) in [7, 11) is 0. The second-order valence-electron chi connectivity index (χ2n) is 8.29. The van der Waals surface area contributed by atoms with Crippen molar-refractivity contribution >= 4 is 40.3 Å². The Balaban J connectivity index is 1.33. The minimum atomic E-state index is -0.0993. The summed E-state index contributed by atoms with van der Waals surface area (Å²) < 4.78 is 2.27. The Morgan fingerprint density at radius 1 is 0.939 bits per heavy atom. The number of aromatic nitrogens is 2. The zero-order valence-electron chi connectivity index (χ0n) is 18.5. The van der Waals surface area contributed by atoms with E-state index in [0.29, 0.717) is 18.1 Å². The minimum Gasteiger partial charge on any atom is -0.339 e. The largest absolute Gasteiger partial charge is 0.339 e. The Morgan fingerprint density at radius 2 is 1.67 bits per heavy atom. The molecule has 1 fully saturated rings. The van der Waals surface area contributed by atoms with E-state index in [4.69, 9.17) is 16.6 Å². The first-order valence-electron chi connectivity index (χ1n) is 11.2. The molecule has 2 amide bonds. The molecule has 0 spiro atoms. The lowest BCUT2D eigenvalue weighted by atomic mass is 10.2. The van der Waals surface area contributed by atoms with Crippen LogP contribution in [0.4, 0.5) is 16.4 Å². The molecule has 1 N–H and O–H groups in total. The SMILES string of the molecule is Cc1c(Cl)cccc1NC(=O)N1CCN(c2nc3ccccc3n2Cc2ccccc2)CC1. The number of rotatable bonds is 4. The Kier molecular flexibility index (Phi) is 5.92. The van der Waals surface area contributed by atoms with Gasteiger partial charge in [0.05, 0.1) is 17.6 Å². The number of para-hydroxylation sites is 2. The monoisotopic (exact) mass is 459 g/mol. The van der Waals surface area contributed by atoms with E-state index in [1.54, 1.807) is 0 Å². The molecule has 0 saturated carbocycles. The van der Waals surface area contributed by atoms with Crippen LogP contribution in [0.15, 0.2) is 72.8 Å². The predicted octanol–water partition coefficient (Wildman–Crippen LogP) is 5.40. The second kappa shape index (κ2) is 9.16. The molecule has 1 saturated heterocycles. The molecule has 1 aliphatic rings. The molecule has 7 heteroatoms. The fourth-order valence-corrected chi connectivity index (χ4v) is 4.45. The maximum Gasteiger partial charge on any atom is 0.321 e. The number of piperazine rings is 1. The van der Waals surface area contributed by atoms with Gasteiger partial charge < -0.3 is 19.7 Å². The Labute approximate surface area is 198 Å². The second-order valence-corrected chi connectivity index (χ2v) is 8.70. The number of nitrogens with one attached hydrogen (secondary N) is 1. The number of urea groups is 1. The quantitative estimate of drug-likeness (QED) is 0.444. The van der Waals surface area contributed by atoms with Crippen LogP contribution < -0.4 is 10.2 Å². The van der Waals surface area contributed by atoms with Crippen LogP contribution in [-0.2, 0) is 6.54 Å². The summed E-state index contributed by atoms with van der Waals surface area (Å²) in [6, 6.07) is 24.1. The lowest BCUT2D eigenvalue weighted by molar-refractivity contribution is 0.208. The number of anilines is 2. The minimum absolute atomic E-state index is 0.0993. The van der Waals surface area contributed by atoms with Crippen LogP contribution in [0.25, 0.3) is 11.0 Å². The van der Waals surface area contributed by atoms with Crippen LogP contribution >= 0.6 is 11.6 Å². The van der Waals surface area contributed by atoms with E-state index in [0.717, 1.165) is 47.9 Å². The lowest BCUT2D eigenvalue weighted by Gasteiger charge is -2.35. The molecule has 4 aromatic rings. The van der Waals surface area contributed by atoms with Crippen molar-refractivity contribution < 1.29 is 4.79 Å². The van der Waals surface area contributed by atoms with E-state index in [1.807, 2.05) is 42.2 Å². The van der Waals surface area contributed by atoms with Gasteiger partial charge in [-0.05, 0) is 42.3 Å². The molecule has 3 aromatic carbocycles. The highest BCUT2D eigenvalue weighted by Gasteiger charge is 2.25. The molecule has 0 aliphatic carbocycles. The molecule has 5 rings (SSSR count). The molecular weight excluding hydrogens is 434 g/mol. The predicted molar refractivity (Wildman–Crippen MR) is 134 cm³/mol. The van der Waals surface area contributed by atoms with Crippen LogP contribution in [0.1, 0.15) is 11.1 Å². The van der Waals surface area contributed by atoms with Gasteiger partial charge in [-0.1, -0.05) is 60.1 Å². The molecular formula is C26H26ClN5O. The fraction of sp³-hybridized carbons (Fsp3) is 0.231. The molecule has 1 aromatic heterocycles. The van der Waals surface area contributed by atoms with Crippen molar-refractivity contribution in [2.75, 3.05) is 36.4 Å². The number of hydrogen-bond acceptors (Lipinski definition) is 3. The van der Waals surface area contributed by atoms with Crippen LogP contribution in [0.3, 0.4) is 0 Å². The number of carbonyl (C=O) groups excluding carboxylic acids is 1. The number of hydrogen-bond donors (Lipinski definition) is 1. The van der Waals surface area contributed by atoms with Crippen LogP contribution in [0.2, 0.25) is 5.02 Å². The van der Waals surface area contributed by atoms with Crippen LogP contribution in [0.5, 0.6) is 0 Å². The van der Waals surface area contributed by atoms with Crippen molar-refractivity contribution in [3.63, 3.8) is 0 Å². The topological polar surface area (TPSA) is 53.4 Å². The third-order valence-electron chi connectivity index (χ3n) is 6.18. The van der Waals surface area contributed by atoms with Crippen molar-refractivity contribution in [3.8, 4) is 0 Å². The van der Waals surface area contributed by atoms with Gasteiger partial charge in [0.15, 0.2) is 0 Å². The molecule has 0 unspecified atom stereocenters. The molecule has 0 bridgehead atoms. The van der Waals surface area contributed by atoms with E-state index < -0.39 is 0 Å². The van der Waals surface area contributed by atoms with Crippen molar-refractivity contribution in [2.24, 2.45) is 0 Å². The first-order valence-corrected chi connectivity index (χ1v) is 11.5. The average molecular weight is 460 g/mol. The Hall–Kier alpha value is -3.51. The number of carbonyl (C=O) groups is 1. The van der Waals surface area contributed by atoms with E-state index in [2.05, 4.69) is 57.2 Å². The molecule has 0 atom stereocenters. The van der Waals surface area contributed by atoms with Gasteiger partial charge in [-0.15, -0.1) is 0 Å². The summed E-state index contributed by atoms with van der Waals surface area (Å²) in [4.78, 5) is 21.9. The number of halogens is 1. The zero-order chi connectivity index (χ0) is 22.8. The molecule has 168 valence electrons. The van der Waals surface area contributed by atoms with Gasteiger partial charge in [-0.2, -0.15) is 0 Å². The maximum atomic E-state index is 12.9. The average Bonchev–Trinajstić information content (AvgIpc) is 3.21. The van der Waals surface area contributed by atoms with E-state index in [-0.39, 0.29) is 6.03 Å². The summed E-state index contributed by atoms with van der Waals surface area (Å²) in [5, 5.41) is 3.65. The van der Waals surface area contributed by atoms with E-state index in [1.165, 1.54) is 5.56 Å². The highest BCUT2D eigenvalue weighted by atomic mass is 35.5. The number of imidazole rings is 1. The Morgan fingerprint density at radius 3 is 2.45 bits per heavy atom. The lowest BCUT2D eigenvalue weighted by Crippen LogP contribution is -2.50. The molecule has 1 aliphatic heterocycles. The first kappa shape index (κ1) is 21.3. The summed E-state index contributed by atoms with van der Waals surface area (Å²) in [6.45, 7) is 5.36. The van der Waals surface area contributed by atoms with E-state index in [9.17, 15) is 4.79 Å². The number of benzene rings is 3. The summed E-state index contributed by atoms with van der Waals surface area (Å²) in [6.07, 6.45) is 0. The van der Waals surface area contributed by atoms with Crippen molar-refractivity contribution in [3.05, 3.63) is 88.9 Å². The molecule has 0 radical (unpaired) electrons. The van der Waals surface area contributed by atoms with E-state index >= 15 is 0 Å². The van der Waals surface area contributed by atoms with Crippen molar-refractivity contribution in [2.45, 2.75) is 13.5 Å². The highest BCUT2D eigenvalue weighted by molar-refractivity contribution is 6.31. The smallest absolute Gasteiger partial charge is 0.321 e. The summed E-state index contributed by atoms with van der Waals surface area (Å²) in [5.41, 5.74) is 4.96. The normalized spacial score (nSPS) is 14.0. The third kappa shape index (κ3) is 4.39. The maximum absolute atomic E-state index is 12.9. The van der Waals surface area contributed by atoms with Gasteiger partial charge in [0.1, 0.15) is 0 Å². The summed E-state index contributed by atoms with van der Waals surface area (Å²) >= 11 is 6.20. The third-order valence-corrected chi connectivity index (χ3v) is 6.59. The number of nitrogens with zero attached hydrogens (tertiary/aromatic N) is 4. The van der Waals surface area contributed by atoms with Crippen molar-refractivity contribution in [1.29, 1.82) is 0 Å². The first-order chi connectivity index (χ1) is 16.1. The van der Waals surface area contributed by atoms with Gasteiger partial charge in [0.25, 0.3) is 0 Å². The van der Waals surface area contributed by atoms with Gasteiger partial charge in [0.2, 0.25) is 5.95 Å².